The summed E-state index contributed by atoms with van der Waals surface area (Å²) in [6, 6.07) is 0. The third-order valence-electron chi connectivity index (χ3n) is 2.15. The highest BCUT2D eigenvalue weighted by Crippen LogP contribution is 1.92. The summed E-state index contributed by atoms with van der Waals surface area (Å²) in [6.45, 7) is 5.10. The molecule has 0 aromatic carbocycles. The molecule has 0 aliphatic heterocycles. The quantitative estimate of drug-likeness (QED) is 0.623. The van der Waals surface area contributed by atoms with Gasteiger partial charge in [0.1, 0.15) is 12.2 Å². The zero-order chi connectivity index (χ0) is 13.4. The van der Waals surface area contributed by atoms with Crippen molar-refractivity contribution < 1.29 is 14.6 Å². The zero-order valence-corrected chi connectivity index (χ0v) is 10.8. The van der Waals surface area contributed by atoms with E-state index >= 15 is 0 Å². The van der Waals surface area contributed by atoms with Gasteiger partial charge in [0.25, 0.3) is 0 Å². The lowest BCUT2D eigenvalue weighted by Crippen LogP contribution is -2.29. The predicted molar refractivity (Wildman–Crippen MR) is 64.7 cm³/mol. The van der Waals surface area contributed by atoms with E-state index in [2.05, 4.69) is 15.6 Å². The number of aliphatic hydroxyl groups excluding tert-OH is 1. The second-order valence-corrected chi connectivity index (χ2v) is 4.19. The highest BCUT2D eigenvalue weighted by atomic mass is 16.5. The summed E-state index contributed by atoms with van der Waals surface area (Å²) in [6.07, 6.45) is 2.54. The van der Waals surface area contributed by atoms with E-state index in [4.69, 9.17) is 9.84 Å². The van der Waals surface area contributed by atoms with Crippen LogP contribution in [0.2, 0.25) is 0 Å². The van der Waals surface area contributed by atoms with Crippen LogP contribution in [0.5, 0.6) is 0 Å². The van der Waals surface area contributed by atoms with Crippen molar-refractivity contribution in [3.05, 3.63) is 11.9 Å². The second kappa shape index (κ2) is 7.78. The third-order valence-corrected chi connectivity index (χ3v) is 2.15. The Labute approximate surface area is 106 Å². The van der Waals surface area contributed by atoms with Gasteiger partial charge in [-0.2, -0.15) is 0 Å². The van der Waals surface area contributed by atoms with Gasteiger partial charge in [-0.25, -0.2) is 4.68 Å². The van der Waals surface area contributed by atoms with Gasteiger partial charge in [0.2, 0.25) is 5.91 Å². The van der Waals surface area contributed by atoms with Crippen molar-refractivity contribution in [3.63, 3.8) is 0 Å². The number of rotatable bonds is 8. The van der Waals surface area contributed by atoms with Crippen LogP contribution in [-0.4, -0.2) is 45.3 Å². The van der Waals surface area contributed by atoms with Crippen LogP contribution in [0.4, 0.5) is 0 Å². The van der Waals surface area contributed by atoms with E-state index in [0.717, 1.165) is 6.42 Å². The Morgan fingerprint density at radius 1 is 1.61 bits per heavy atom. The monoisotopic (exact) mass is 256 g/mol. The van der Waals surface area contributed by atoms with Crippen molar-refractivity contribution >= 4 is 5.91 Å². The van der Waals surface area contributed by atoms with Gasteiger partial charge >= 0.3 is 0 Å². The number of hydrogen-bond donors (Lipinski definition) is 2. The maximum Gasteiger partial charge on any atom is 0.241 e. The van der Waals surface area contributed by atoms with E-state index in [1.807, 2.05) is 13.8 Å². The summed E-state index contributed by atoms with van der Waals surface area (Å²) in [4.78, 5) is 11.5. The third kappa shape index (κ3) is 5.74. The SMILES string of the molecule is CC(C)OCCCNC(=O)Cn1cc(CO)nn1. The van der Waals surface area contributed by atoms with Crippen molar-refractivity contribution in [1.82, 2.24) is 20.3 Å². The molecule has 0 aliphatic carbocycles. The predicted octanol–water partition coefficient (Wildman–Crippen LogP) is -0.298. The van der Waals surface area contributed by atoms with E-state index in [-0.39, 0.29) is 25.2 Å². The van der Waals surface area contributed by atoms with Gasteiger partial charge in [0.05, 0.1) is 18.9 Å². The normalized spacial score (nSPS) is 10.9. The molecule has 102 valence electrons. The Morgan fingerprint density at radius 2 is 2.39 bits per heavy atom. The molecule has 0 radical (unpaired) electrons. The number of carbonyl (C=O) groups is 1. The first kappa shape index (κ1) is 14.6. The number of ether oxygens (including phenoxy) is 1. The molecule has 7 nitrogen and oxygen atoms in total. The Bertz CT molecular complexity index is 365. The Hall–Kier alpha value is -1.47. The number of nitrogens with one attached hydrogen (secondary N) is 1. The van der Waals surface area contributed by atoms with Crippen molar-refractivity contribution in [2.24, 2.45) is 0 Å². The first-order valence-corrected chi connectivity index (χ1v) is 6.00. The molecule has 7 heteroatoms. The molecule has 0 bridgehead atoms. The minimum atomic E-state index is -0.172. The second-order valence-electron chi connectivity index (χ2n) is 4.19. The highest BCUT2D eigenvalue weighted by Gasteiger charge is 2.05. The van der Waals surface area contributed by atoms with Crippen LogP contribution >= 0.6 is 0 Å². The van der Waals surface area contributed by atoms with Gasteiger partial charge in [-0.3, -0.25) is 4.79 Å². The van der Waals surface area contributed by atoms with Gasteiger partial charge in [-0.05, 0) is 20.3 Å². The van der Waals surface area contributed by atoms with Crippen LogP contribution in [0.15, 0.2) is 6.20 Å². The molecule has 1 amide bonds. The maximum absolute atomic E-state index is 11.5. The molecule has 0 unspecified atom stereocenters. The molecule has 1 heterocycles. The molecular weight excluding hydrogens is 236 g/mol. The van der Waals surface area contributed by atoms with E-state index < -0.39 is 0 Å². The van der Waals surface area contributed by atoms with Crippen LogP contribution in [0, 0.1) is 0 Å². The summed E-state index contributed by atoms with van der Waals surface area (Å²) in [5.41, 5.74) is 0.452. The molecule has 18 heavy (non-hydrogen) atoms. The first-order valence-electron chi connectivity index (χ1n) is 6.00. The lowest BCUT2D eigenvalue weighted by atomic mass is 10.4. The van der Waals surface area contributed by atoms with Crippen molar-refractivity contribution in [2.75, 3.05) is 13.2 Å². The first-order chi connectivity index (χ1) is 8.61. The lowest BCUT2D eigenvalue weighted by molar-refractivity contribution is -0.121. The number of hydrogen-bond acceptors (Lipinski definition) is 5. The number of nitrogens with zero attached hydrogens (tertiary/aromatic N) is 3. The van der Waals surface area contributed by atoms with Crippen molar-refractivity contribution in [1.29, 1.82) is 0 Å². The number of aromatic nitrogens is 3. The van der Waals surface area contributed by atoms with Gasteiger partial charge in [0.15, 0.2) is 0 Å². The molecule has 0 fully saturated rings. The molecule has 1 aromatic heterocycles. The van der Waals surface area contributed by atoms with Gasteiger partial charge in [-0.15, -0.1) is 5.10 Å². The minimum Gasteiger partial charge on any atom is -0.390 e. The highest BCUT2D eigenvalue weighted by molar-refractivity contribution is 5.75. The van der Waals surface area contributed by atoms with E-state index in [0.29, 0.717) is 18.8 Å². The van der Waals surface area contributed by atoms with Crippen LogP contribution < -0.4 is 5.32 Å². The number of aliphatic hydroxyl groups is 1. The average Bonchev–Trinajstić information content (AvgIpc) is 2.76. The summed E-state index contributed by atoms with van der Waals surface area (Å²) in [5, 5.41) is 19.0. The fourth-order valence-electron chi connectivity index (χ4n) is 1.31. The molecule has 0 aliphatic rings. The van der Waals surface area contributed by atoms with Crippen LogP contribution in [0.25, 0.3) is 0 Å². The molecule has 1 rings (SSSR count). The number of carbonyl (C=O) groups excluding carboxylic acids is 1. The Balaban J connectivity index is 2.13. The van der Waals surface area contributed by atoms with Crippen LogP contribution in [0.3, 0.4) is 0 Å². The van der Waals surface area contributed by atoms with Crippen LogP contribution in [-0.2, 0) is 22.7 Å². The summed E-state index contributed by atoms with van der Waals surface area (Å²) < 4.78 is 6.75. The van der Waals surface area contributed by atoms with Gasteiger partial charge in [0, 0.05) is 13.2 Å². The number of amides is 1. The molecule has 2 N–H and O–H groups in total. The van der Waals surface area contributed by atoms with E-state index in [9.17, 15) is 4.79 Å². The van der Waals surface area contributed by atoms with Crippen molar-refractivity contribution in [3.8, 4) is 0 Å². The standard InChI is InChI=1S/C11H20N4O3/c1-9(2)18-5-3-4-12-11(17)7-15-6-10(8-16)13-14-15/h6,9,16H,3-5,7-8H2,1-2H3,(H,12,17). The zero-order valence-electron chi connectivity index (χ0n) is 10.8. The van der Waals surface area contributed by atoms with Crippen LogP contribution in [0.1, 0.15) is 26.0 Å². The van der Waals surface area contributed by atoms with E-state index in [1.165, 1.54) is 4.68 Å². The van der Waals surface area contributed by atoms with E-state index in [1.54, 1.807) is 6.20 Å². The Morgan fingerprint density at radius 3 is 3.00 bits per heavy atom. The fraction of sp³-hybridized carbons (Fsp3) is 0.727. The summed E-state index contributed by atoms with van der Waals surface area (Å²) in [5.74, 6) is -0.131. The van der Waals surface area contributed by atoms with Gasteiger partial charge in [-0.1, -0.05) is 5.21 Å². The average molecular weight is 256 g/mol. The molecule has 0 atom stereocenters. The maximum atomic E-state index is 11.5. The van der Waals surface area contributed by atoms with Crippen molar-refractivity contribution in [2.45, 2.75) is 39.5 Å². The fourth-order valence-corrected chi connectivity index (χ4v) is 1.31. The molecule has 0 saturated heterocycles. The lowest BCUT2D eigenvalue weighted by Gasteiger charge is -2.08. The Kier molecular flexibility index (Phi) is 6.31. The summed E-state index contributed by atoms with van der Waals surface area (Å²) in [7, 11) is 0. The largest absolute Gasteiger partial charge is 0.390 e. The molecule has 0 spiro atoms. The summed E-state index contributed by atoms with van der Waals surface area (Å²) >= 11 is 0. The molecule has 0 saturated carbocycles. The smallest absolute Gasteiger partial charge is 0.241 e. The molecular formula is C11H20N4O3. The topological polar surface area (TPSA) is 89.3 Å². The minimum absolute atomic E-state index is 0.109. The molecule has 1 aromatic rings. The van der Waals surface area contributed by atoms with Gasteiger partial charge < -0.3 is 15.2 Å².